The minimum absolute atomic E-state index is 0. The Morgan fingerprint density at radius 3 is 1.35 bits per heavy atom. The average Bonchev–Trinajstić information content (AvgIpc) is 2.41. The zero-order valence-corrected chi connectivity index (χ0v) is 14.4. The molecule has 107 valence electrons. The number of nitrogens with zero attached hydrogens (tertiary/aromatic N) is 1. The van der Waals surface area contributed by atoms with Crippen LogP contribution in [0.4, 0.5) is 11.4 Å². The van der Waals surface area contributed by atoms with Gasteiger partial charge in [0.05, 0.1) is 0 Å². The smallest absolute Gasteiger partial charge is 1.00 e. The molecule has 2 aromatic rings. The van der Waals surface area contributed by atoms with Crippen LogP contribution in [0.15, 0.2) is 60.7 Å². The number of aliphatic hydroxyl groups excluding tert-OH is 1. The van der Waals surface area contributed by atoms with Crippen LogP contribution >= 0.6 is 0 Å². The van der Waals surface area contributed by atoms with E-state index in [1.54, 1.807) is 0 Å². The number of hydrogen-bond acceptors (Lipinski definition) is 1. The number of benzene rings is 2. The van der Waals surface area contributed by atoms with Crippen LogP contribution in [0, 0.1) is 0 Å². The molecule has 0 unspecified atom stereocenters. The van der Waals surface area contributed by atoms with Crippen molar-refractivity contribution in [3.63, 3.8) is 0 Å². The summed E-state index contributed by atoms with van der Waals surface area (Å²) in [6, 6.07) is 19.9. The van der Waals surface area contributed by atoms with E-state index in [1.165, 1.54) is 0 Å². The van der Waals surface area contributed by atoms with Gasteiger partial charge in [0.25, 0.3) is 0 Å². The van der Waals surface area contributed by atoms with Crippen LogP contribution < -0.4 is 24.8 Å². The molecular weight excluding hydrogens is 329 g/mol. The molecule has 0 spiro atoms. The molecule has 1 N–H and O–H groups in total. The minimum atomic E-state index is 0. The van der Waals surface area contributed by atoms with Crippen LogP contribution in [0.3, 0.4) is 0 Å². The summed E-state index contributed by atoms with van der Waals surface area (Å²) in [6.45, 7) is 2.25. The molecule has 0 atom stereocenters. The zero-order chi connectivity index (χ0) is 12.3. The average molecular weight is 347 g/mol. The summed E-state index contributed by atoms with van der Waals surface area (Å²) in [7, 11) is 0. The van der Waals surface area contributed by atoms with Crippen LogP contribution in [-0.4, -0.2) is 11.7 Å². The molecule has 2 nitrogen and oxygen atoms in total. The maximum atomic E-state index is 7.88. The molecular formula is C15H18Cl2NOTi. The van der Waals surface area contributed by atoms with Gasteiger partial charge in [-0.15, -0.1) is 11.4 Å². The summed E-state index contributed by atoms with van der Waals surface area (Å²) in [6.07, 6.45) is 0.875. The predicted molar refractivity (Wildman–Crippen MR) is 72.9 cm³/mol. The maximum absolute atomic E-state index is 7.88. The summed E-state index contributed by atoms with van der Waals surface area (Å²) < 4.78 is 0. The standard InChI is InChI=1S/C12H10N.C3H8O.2ClH.Ti/c1-3-7-11(8-4-1)13-12-9-5-2-6-10-12;1-2-3-4;;;/h1-10H;4H,2-3H2,1H3;2*1H;/q-1;;;;+3/p-2. The van der Waals surface area contributed by atoms with Crippen molar-refractivity contribution in [3.05, 3.63) is 66.0 Å². The molecule has 0 fully saturated rings. The van der Waals surface area contributed by atoms with Crippen molar-refractivity contribution < 1.29 is 51.6 Å². The van der Waals surface area contributed by atoms with E-state index in [0.717, 1.165) is 17.8 Å². The molecule has 0 saturated heterocycles. The molecule has 1 radical (unpaired) electrons. The number of halogens is 2. The monoisotopic (exact) mass is 346 g/mol. The Kier molecular flexibility index (Phi) is 20.3. The molecule has 2 rings (SSSR count). The Morgan fingerprint density at radius 1 is 0.800 bits per heavy atom. The van der Waals surface area contributed by atoms with Gasteiger partial charge in [-0.05, 0) is 6.42 Å². The van der Waals surface area contributed by atoms with Crippen molar-refractivity contribution in [1.82, 2.24) is 0 Å². The van der Waals surface area contributed by atoms with Crippen molar-refractivity contribution in [1.29, 1.82) is 0 Å². The second-order valence-corrected chi connectivity index (χ2v) is 3.51. The van der Waals surface area contributed by atoms with E-state index in [-0.39, 0.29) is 46.5 Å². The zero-order valence-electron chi connectivity index (χ0n) is 11.3. The van der Waals surface area contributed by atoms with Crippen molar-refractivity contribution in [3.8, 4) is 0 Å². The normalized spacial score (nSPS) is 7.70. The maximum Gasteiger partial charge on any atom is 3.00 e. The molecule has 20 heavy (non-hydrogen) atoms. The fraction of sp³-hybridized carbons (Fsp3) is 0.200. The van der Waals surface area contributed by atoms with E-state index in [2.05, 4.69) is 5.32 Å². The quantitative estimate of drug-likeness (QED) is 0.669. The Hall–Kier alpha value is -0.506. The first-order valence-electron chi connectivity index (χ1n) is 5.79. The molecule has 0 aliphatic heterocycles. The minimum Gasteiger partial charge on any atom is -1.00 e. The molecule has 0 heterocycles. The Labute approximate surface area is 148 Å². The summed E-state index contributed by atoms with van der Waals surface area (Å²) >= 11 is 0. The first-order valence-corrected chi connectivity index (χ1v) is 5.79. The van der Waals surface area contributed by atoms with Crippen LogP contribution in [-0.2, 0) is 21.7 Å². The van der Waals surface area contributed by atoms with Crippen molar-refractivity contribution in [2.75, 3.05) is 6.61 Å². The van der Waals surface area contributed by atoms with Gasteiger partial charge in [-0.2, -0.15) is 0 Å². The Balaban J connectivity index is -0.000000372. The molecule has 5 heteroatoms. The van der Waals surface area contributed by atoms with E-state index in [9.17, 15) is 0 Å². The van der Waals surface area contributed by atoms with Crippen LogP contribution in [0.25, 0.3) is 5.32 Å². The van der Waals surface area contributed by atoms with Gasteiger partial charge in [0, 0.05) is 6.61 Å². The van der Waals surface area contributed by atoms with Gasteiger partial charge in [-0.3, -0.25) is 0 Å². The first-order chi connectivity index (χ1) is 8.36. The van der Waals surface area contributed by atoms with Gasteiger partial charge in [-0.25, -0.2) is 0 Å². The second kappa shape index (κ2) is 16.5. The van der Waals surface area contributed by atoms with E-state index in [1.807, 2.05) is 67.6 Å². The predicted octanol–water partition coefficient (Wildman–Crippen LogP) is -1.58. The van der Waals surface area contributed by atoms with Crippen molar-refractivity contribution in [2.24, 2.45) is 0 Å². The van der Waals surface area contributed by atoms with E-state index in [4.69, 9.17) is 5.11 Å². The third-order valence-electron chi connectivity index (χ3n) is 1.99. The molecule has 0 aliphatic carbocycles. The van der Waals surface area contributed by atoms with E-state index >= 15 is 0 Å². The van der Waals surface area contributed by atoms with E-state index < -0.39 is 0 Å². The molecule has 2 aromatic carbocycles. The molecule has 0 amide bonds. The van der Waals surface area contributed by atoms with E-state index in [0.29, 0.717) is 6.61 Å². The van der Waals surface area contributed by atoms with Crippen LogP contribution in [0.5, 0.6) is 0 Å². The van der Waals surface area contributed by atoms with Crippen molar-refractivity contribution >= 4 is 11.4 Å². The van der Waals surface area contributed by atoms with Gasteiger partial charge in [0.1, 0.15) is 0 Å². The third-order valence-corrected chi connectivity index (χ3v) is 1.99. The molecule has 0 aliphatic rings. The third kappa shape index (κ3) is 11.3. The topological polar surface area (TPSA) is 34.3 Å². The summed E-state index contributed by atoms with van der Waals surface area (Å²) in [5.41, 5.74) is 1.99. The Bertz CT molecular complexity index is 362. The summed E-state index contributed by atoms with van der Waals surface area (Å²) in [4.78, 5) is 0. The number of hydrogen-bond donors (Lipinski definition) is 1. The van der Waals surface area contributed by atoms with Gasteiger partial charge in [0.2, 0.25) is 0 Å². The number of aliphatic hydroxyl groups is 1. The van der Waals surface area contributed by atoms with Crippen LogP contribution in [0.2, 0.25) is 0 Å². The fourth-order valence-corrected chi connectivity index (χ4v) is 1.15. The molecule has 0 saturated carbocycles. The van der Waals surface area contributed by atoms with Gasteiger partial charge in [0.15, 0.2) is 0 Å². The second-order valence-electron chi connectivity index (χ2n) is 3.51. The Morgan fingerprint density at radius 2 is 1.10 bits per heavy atom. The summed E-state index contributed by atoms with van der Waals surface area (Å²) in [5, 5.41) is 12.3. The van der Waals surface area contributed by atoms with Gasteiger partial charge >= 0.3 is 21.7 Å². The number of rotatable bonds is 3. The van der Waals surface area contributed by atoms with Gasteiger partial charge < -0.3 is 35.2 Å². The van der Waals surface area contributed by atoms with Gasteiger partial charge in [-0.1, -0.05) is 67.6 Å². The SMILES string of the molecule is CCCO.[Cl-].[Cl-].[Ti+3].c1ccc([N-]c2ccccc2)cc1. The van der Waals surface area contributed by atoms with Crippen molar-refractivity contribution in [2.45, 2.75) is 13.3 Å². The first kappa shape index (κ1) is 24.5. The van der Waals surface area contributed by atoms with Crippen LogP contribution in [0.1, 0.15) is 13.3 Å². The fourth-order valence-electron chi connectivity index (χ4n) is 1.15. The summed E-state index contributed by atoms with van der Waals surface area (Å²) in [5.74, 6) is 0. The largest absolute Gasteiger partial charge is 3.00 e. The molecule has 0 aromatic heterocycles. The molecule has 0 bridgehead atoms. The number of para-hydroxylation sites is 2.